The normalized spacial score (nSPS) is 46.2. The Morgan fingerprint density at radius 3 is 2.72 bits per heavy atom. The number of carbonyl (C=O) groups is 3. The summed E-state index contributed by atoms with van der Waals surface area (Å²) in [5.74, 6) is -1.98. The summed E-state index contributed by atoms with van der Waals surface area (Å²) >= 11 is 0.499. The van der Waals surface area contributed by atoms with Gasteiger partial charge in [-0.3, -0.25) is 9.59 Å². The molecule has 1 spiro atoms. The Morgan fingerprint density at radius 1 is 1.25 bits per heavy atom. The molecule has 1 saturated heterocycles. The van der Waals surface area contributed by atoms with E-state index in [1.54, 1.807) is 12.1 Å². The van der Waals surface area contributed by atoms with Crippen molar-refractivity contribution in [2.45, 2.75) is 63.5 Å². The fourth-order valence-corrected chi connectivity index (χ4v) is 9.19. The van der Waals surface area contributed by atoms with Crippen molar-refractivity contribution in [2.24, 2.45) is 28.6 Å². The third-order valence-electron chi connectivity index (χ3n) is 9.93. The summed E-state index contributed by atoms with van der Waals surface area (Å²) in [4.78, 5) is 38.9. The maximum atomic E-state index is 15.7. The minimum atomic E-state index is -1.63. The zero-order chi connectivity index (χ0) is 25.7. The van der Waals surface area contributed by atoms with Crippen molar-refractivity contribution < 1.29 is 37.1 Å². The number of carbonyl (C=O) groups excluding carboxylic acids is 3. The van der Waals surface area contributed by atoms with Gasteiger partial charge in [-0.15, -0.1) is 0 Å². The first-order valence-electron chi connectivity index (χ1n) is 12.3. The van der Waals surface area contributed by atoms with Crippen LogP contribution in [0.4, 0.5) is 8.78 Å². The molecule has 2 heterocycles. The topological polar surface area (TPSA) is 86.1 Å². The molecular weight excluding hydrogens is 490 g/mol. The highest BCUT2D eigenvalue weighted by Crippen LogP contribution is 2.77. The van der Waals surface area contributed by atoms with Crippen LogP contribution in [0.15, 0.2) is 46.6 Å². The Morgan fingerprint density at radius 2 is 2.03 bits per heavy atom. The van der Waals surface area contributed by atoms with Crippen molar-refractivity contribution >= 4 is 28.6 Å². The number of esters is 1. The standard InChI is InChI=1S/C27H28F2O6S/c1-14-9-16-17-11-19(29)18-10-15(30)6-7-24(18,2)27(17)21(34-27)12-25(16,3)26(14,23(32)36-13-28)35-22(31)20-5-4-8-33-20/h4-8,10,14,16-17,19,21H,9,11-13H2,1-3H3/t14-,16?,17?,19+,21-,24+,25+,26+,27-/m1/s1. The molecule has 0 N–H and O–H groups in total. The van der Waals surface area contributed by atoms with Gasteiger partial charge in [0.05, 0.1) is 12.4 Å². The molecule has 1 aromatic rings. The van der Waals surface area contributed by atoms with Gasteiger partial charge < -0.3 is 13.9 Å². The highest BCUT2D eigenvalue weighted by atomic mass is 32.2. The van der Waals surface area contributed by atoms with Crippen LogP contribution < -0.4 is 0 Å². The smallest absolute Gasteiger partial charge is 0.375 e. The molecule has 5 aliphatic rings. The minimum Gasteiger partial charge on any atom is -0.457 e. The third-order valence-corrected chi connectivity index (χ3v) is 10.6. The van der Waals surface area contributed by atoms with Gasteiger partial charge in [-0.2, -0.15) is 0 Å². The zero-order valence-corrected chi connectivity index (χ0v) is 21.1. The summed E-state index contributed by atoms with van der Waals surface area (Å²) in [5, 5.41) is -0.543. The second-order valence-corrected chi connectivity index (χ2v) is 12.1. The zero-order valence-electron chi connectivity index (χ0n) is 20.3. The Hall–Kier alpha value is -2.26. The molecule has 2 unspecified atom stereocenters. The first kappa shape index (κ1) is 24.1. The van der Waals surface area contributed by atoms with Gasteiger partial charge in [-0.05, 0) is 79.6 Å². The van der Waals surface area contributed by atoms with Crippen LogP contribution in [0.1, 0.15) is 50.6 Å². The largest absolute Gasteiger partial charge is 0.457 e. The van der Waals surface area contributed by atoms with Crippen LogP contribution in [-0.2, 0) is 19.1 Å². The molecular formula is C27H28F2O6S. The van der Waals surface area contributed by atoms with E-state index in [4.69, 9.17) is 13.9 Å². The van der Waals surface area contributed by atoms with Crippen molar-refractivity contribution in [3.05, 3.63) is 48.0 Å². The number of hydrogen-bond donors (Lipinski definition) is 0. The lowest BCUT2D eigenvalue weighted by atomic mass is 9.46. The fourth-order valence-electron chi connectivity index (χ4n) is 8.40. The number of halogens is 2. The van der Waals surface area contributed by atoms with E-state index in [0.717, 1.165) is 0 Å². The number of allylic oxidation sites excluding steroid dienone is 2. The SMILES string of the molecule is C[C@@H]1CC2C3C[C@H](F)C4=CC(=O)C=C[C@]4(C)[C@@]34O[C@@H]4C[C@]2(C)[C@@]1(OC(=O)c1ccco1)C(=O)SCF. The number of alkyl halides is 2. The molecule has 9 atom stereocenters. The Bertz CT molecular complexity index is 1210. The number of ketones is 1. The van der Waals surface area contributed by atoms with Crippen LogP contribution in [0.2, 0.25) is 0 Å². The maximum absolute atomic E-state index is 15.7. The summed E-state index contributed by atoms with van der Waals surface area (Å²) in [7, 11) is 0. The number of furan rings is 1. The summed E-state index contributed by atoms with van der Waals surface area (Å²) in [6.45, 7) is 5.67. The highest BCUT2D eigenvalue weighted by molar-refractivity contribution is 8.13. The summed E-state index contributed by atoms with van der Waals surface area (Å²) in [5.41, 5.74) is -3.57. The maximum Gasteiger partial charge on any atom is 0.375 e. The molecule has 3 saturated carbocycles. The van der Waals surface area contributed by atoms with Gasteiger partial charge >= 0.3 is 5.97 Å². The Kier molecular flexibility index (Phi) is 5.11. The van der Waals surface area contributed by atoms with E-state index in [9.17, 15) is 18.8 Å². The van der Waals surface area contributed by atoms with Crippen molar-refractivity contribution in [1.82, 2.24) is 0 Å². The van der Waals surface area contributed by atoms with E-state index in [-0.39, 0.29) is 35.9 Å². The van der Waals surface area contributed by atoms with E-state index in [1.807, 2.05) is 20.8 Å². The summed E-state index contributed by atoms with van der Waals surface area (Å²) in [6, 6.07) is 2.06. The van der Waals surface area contributed by atoms with Crippen LogP contribution in [0.3, 0.4) is 0 Å². The van der Waals surface area contributed by atoms with E-state index in [2.05, 4.69) is 0 Å². The van der Waals surface area contributed by atoms with Gasteiger partial charge in [0.25, 0.3) is 0 Å². The third kappa shape index (κ3) is 2.73. The van der Waals surface area contributed by atoms with Gasteiger partial charge in [0.2, 0.25) is 10.9 Å². The average Bonchev–Trinajstić information content (AvgIpc) is 3.20. The average molecular weight is 519 g/mol. The number of epoxide rings is 1. The number of rotatable bonds is 4. The van der Waals surface area contributed by atoms with Gasteiger partial charge in [-0.1, -0.05) is 19.9 Å². The summed E-state index contributed by atoms with van der Waals surface area (Å²) in [6.07, 6.45) is 5.38. The van der Waals surface area contributed by atoms with Crippen LogP contribution >= 0.6 is 11.8 Å². The molecule has 9 heteroatoms. The molecule has 0 aromatic carbocycles. The molecule has 4 aliphatic carbocycles. The fraction of sp³-hybridized carbons (Fsp3) is 0.593. The lowest BCUT2D eigenvalue weighted by Crippen LogP contribution is -2.63. The van der Waals surface area contributed by atoms with Gasteiger partial charge in [0.1, 0.15) is 17.8 Å². The Balaban J connectivity index is 1.45. The molecule has 0 amide bonds. The molecule has 1 aromatic heterocycles. The number of fused-ring (bicyclic) bond motifs is 3. The minimum absolute atomic E-state index is 0.0414. The monoisotopic (exact) mass is 518 g/mol. The Labute approximate surface area is 211 Å². The van der Waals surface area contributed by atoms with E-state index in [1.165, 1.54) is 24.5 Å². The number of ether oxygens (including phenoxy) is 2. The number of hydrogen-bond acceptors (Lipinski definition) is 7. The quantitative estimate of drug-likeness (QED) is 0.410. The number of thioether (sulfide) groups is 1. The van der Waals surface area contributed by atoms with E-state index in [0.29, 0.717) is 30.2 Å². The molecule has 0 bridgehead atoms. The highest BCUT2D eigenvalue weighted by Gasteiger charge is 2.84. The van der Waals surface area contributed by atoms with Crippen molar-refractivity contribution in [2.75, 3.05) is 6.01 Å². The van der Waals surface area contributed by atoms with Crippen molar-refractivity contribution in [3.8, 4) is 0 Å². The summed E-state index contributed by atoms with van der Waals surface area (Å²) < 4.78 is 47.0. The van der Waals surface area contributed by atoms with Gasteiger partial charge in [-0.25, -0.2) is 13.6 Å². The second kappa shape index (κ2) is 7.63. The van der Waals surface area contributed by atoms with Gasteiger partial charge in [0.15, 0.2) is 11.4 Å². The molecule has 0 radical (unpaired) electrons. The van der Waals surface area contributed by atoms with Crippen LogP contribution in [-0.4, -0.2) is 46.4 Å². The molecule has 36 heavy (non-hydrogen) atoms. The molecule has 6 nitrogen and oxygen atoms in total. The first-order valence-corrected chi connectivity index (χ1v) is 13.3. The predicted molar refractivity (Wildman–Crippen MR) is 126 cm³/mol. The van der Waals surface area contributed by atoms with E-state index < -0.39 is 51.2 Å². The molecule has 192 valence electrons. The van der Waals surface area contributed by atoms with Crippen LogP contribution in [0.5, 0.6) is 0 Å². The first-order chi connectivity index (χ1) is 17.0. The predicted octanol–water partition coefficient (Wildman–Crippen LogP) is 5.00. The second-order valence-electron chi connectivity index (χ2n) is 11.3. The molecule has 6 rings (SSSR count). The van der Waals surface area contributed by atoms with Crippen molar-refractivity contribution in [3.63, 3.8) is 0 Å². The van der Waals surface area contributed by atoms with E-state index >= 15 is 4.39 Å². The lowest BCUT2D eigenvalue weighted by molar-refractivity contribution is -0.156. The molecule has 4 fully saturated rings. The van der Waals surface area contributed by atoms with Crippen LogP contribution in [0, 0.1) is 28.6 Å². The lowest BCUT2D eigenvalue weighted by Gasteiger charge is -2.56. The van der Waals surface area contributed by atoms with Gasteiger partial charge in [0, 0.05) is 16.7 Å². The molecule has 1 aliphatic heterocycles. The van der Waals surface area contributed by atoms with Crippen LogP contribution in [0.25, 0.3) is 0 Å². The van der Waals surface area contributed by atoms with Crippen molar-refractivity contribution in [1.29, 1.82) is 0 Å².